The third kappa shape index (κ3) is 3.24. The Labute approximate surface area is 130 Å². The van der Waals surface area contributed by atoms with Crippen LogP contribution in [-0.2, 0) is 17.8 Å². The fourth-order valence-electron chi connectivity index (χ4n) is 2.63. The van der Waals surface area contributed by atoms with Crippen molar-refractivity contribution in [1.82, 2.24) is 14.9 Å². The highest BCUT2D eigenvalue weighted by Gasteiger charge is 2.24. The molecule has 114 valence electrons. The summed E-state index contributed by atoms with van der Waals surface area (Å²) in [5, 5.41) is 0. The number of anilines is 1. The van der Waals surface area contributed by atoms with E-state index in [0.29, 0.717) is 13.1 Å². The summed E-state index contributed by atoms with van der Waals surface area (Å²) in [6.45, 7) is 4.65. The molecule has 1 aliphatic heterocycles. The van der Waals surface area contributed by atoms with Crippen LogP contribution in [0.4, 0.5) is 5.82 Å². The number of carbonyl (C=O) groups is 1. The maximum Gasteiger partial charge on any atom is 0.242 e. The van der Waals surface area contributed by atoms with Crippen LogP contribution in [0.2, 0.25) is 0 Å². The normalized spacial score (nSPS) is 15.2. The lowest BCUT2D eigenvalue weighted by atomic mass is 10.2. The molecule has 0 spiro atoms. The standard InChI is InChI=1S/C17H20N4O/c1-2-15-10-16(19-13-18-15)20-8-9-21(17(22)12-20)11-14-6-4-3-5-7-14/h3-7,10,13H,2,8-9,11-12H2,1H3. The lowest BCUT2D eigenvalue weighted by molar-refractivity contribution is -0.131. The summed E-state index contributed by atoms with van der Waals surface area (Å²) in [7, 11) is 0. The number of carbonyl (C=O) groups excluding carboxylic acids is 1. The highest BCUT2D eigenvalue weighted by atomic mass is 16.2. The second-order valence-electron chi connectivity index (χ2n) is 5.44. The second-order valence-corrected chi connectivity index (χ2v) is 5.44. The lowest BCUT2D eigenvalue weighted by Crippen LogP contribution is -2.50. The average molecular weight is 296 g/mol. The summed E-state index contributed by atoms with van der Waals surface area (Å²) in [5.41, 5.74) is 2.17. The van der Waals surface area contributed by atoms with E-state index in [-0.39, 0.29) is 5.91 Å². The van der Waals surface area contributed by atoms with Gasteiger partial charge in [-0.05, 0) is 12.0 Å². The van der Waals surface area contributed by atoms with Crippen LogP contribution in [0.1, 0.15) is 18.2 Å². The molecule has 1 fully saturated rings. The van der Waals surface area contributed by atoms with E-state index < -0.39 is 0 Å². The second kappa shape index (κ2) is 6.56. The maximum atomic E-state index is 12.4. The first-order chi connectivity index (χ1) is 10.8. The van der Waals surface area contributed by atoms with Gasteiger partial charge in [-0.3, -0.25) is 4.79 Å². The summed E-state index contributed by atoms with van der Waals surface area (Å²) in [4.78, 5) is 24.8. The Bertz CT molecular complexity index is 644. The molecule has 0 atom stereocenters. The number of nitrogens with zero attached hydrogens (tertiary/aromatic N) is 4. The fourth-order valence-corrected chi connectivity index (χ4v) is 2.63. The summed E-state index contributed by atoms with van der Waals surface area (Å²) in [5.74, 6) is 0.992. The van der Waals surface area contributed by atoms with Crippen molar-refractivity contribution in [2.45, 2.75) is 19.9 Å². The van der Waals surface area contributed by atoms with Gasteiger partial charge in [-0.2, -0.15) is 0 Å². The van der Waals surface area contributed by atoms with Gasteiger partial charge in [0.1, 0.15) is 12.1 Å². The van der Waals surface area contributed by atoms with E-state index >= 15 is 0 Å². The first-order valence-electron chi connectivity index (χ1n) is 7.64. The minimum atomic E-state index is 0.145. The lowest BCUT2D eigenvalue weighted by Gasteiger charge is -2.35. The van der Waals surface area contributed by atoms with Gasteiger partial charge in [0.15, 0.2) is 0 Å². The minimum absolute atomic E-state index is 0.145. The highest BCUT2D eigenvalue weighted by Crippen LogP contribution is 2.16. The van der Waals surface area contributed by atoms with Crippen LogP contribution in [0.15, 0.2) is 42.7 Å². The molecule has 5 nitrogen and oxygen atoms in total. The molecule has 1 amide bonds. The Hall–Kier alpha value is -2.43. The van der Waals surface area contributed by atoms with Crippen molar-refractivity contribution < 1.29 is 4.79 Å². The number of aromatic nitrogens is 2. The molecule has 1 aromatic carbocycles. The maximum absolute atomic E-state index is 12.4. The van der Waals surface area contributed by atoms with Gasteiger partial charge >= 0.3 is 0 Å². The Kier molecular flexibility index (Phi) is 4.32. The van der Waals surface area contributed by atoms with E-state index in [1.165, 1.54) is 5.56 Å². The summed E-state index contributed by atoms with van der Waals surface area (Å²) in [6.07, 6.45) is 2.45. The number of hydrogen-bond donors (Lipinski definition) is 0. The molecule has 1 aliphatic rings. The summed E-state index contributed by atoms with van der Waals surface area (Å²) >= 11 is 0. The predicted molar refractivity (Wildman–Crippen MR) is 85.5 cm³/mol. The Balaban J connectivity index is 1.65. The van der Waals surface area contributed by atoms with Gasteiger partial charge in [-0.15, -0.1) is 0 Å². The number of amides is 1. The molecule has 0 N–H and O–H groups in total. The molecule has 0 aliphatic carbocycles. The molecular weight excluding hydrogens is 276 g/mol. The topological polar surface area (TPSA) is 49.3 Å². The van der Waals surface area contributed by atoms with Crippen LogP contribution in [-0.4, -0.2) is 40.4 Å². The molecular formula is C17H20N4O. The van der Waals surface area contributed by atoms with Crippen molar-refractivity contribution in [3.63, 3.8) is 0 Å². The van der Waals surface area contributed by atoms with Crippen molar-refractivity contribution in [2.75, 3.05) is 24.5 Å². The molecule has 0 saturated carbocycles. The molecule has 1 saturated heterocycles. The van der Waals surface area contributed by atoms with Crippen LogP contribution >= 0.6 is 0 Å². The molecule has 5 heteroatoms. The van der Waals surface area contributed by atoms with Gasteiger partial charge in [0.25, 0.3) is 0 Å². The van der Waals surface area contributed by atoms with Crippen molar-refractivity contribution in [3.05, 3.63) is 54.0 Å². The predicted octanol–water partition coefficient (Wildman–Crippen LogP) is 1.89. The monoisotopic (exact) mass is 296 g/mol. The zero-order valence-corrected chi connectivity index (χ0v) is 12.8. The molecule has 2 heterocycles. The third-order valence-corrected chi connectivity index (χ3v) is 3.93. The van der Waals surface area contributed by atoms with Gasteiger partial charge in [-0.1, -0.05) is 37.3 Å². The number of aryl methyl sites for hydroxylation is 1. The van der Waals surface area contributed by atoms with Crippen molar-refractivity contribution in [2.24, 2.45) is 0 Å². The van der Waals surface area contributed by atoms with Crippen LogP contribution in [0.5, 0.6) is 0 Å². The van der Waals surface area contributed by atoms with Crippen LogP contribution < -0.4 is 4.90 Å². The van der Waals surface area contributed by atoms with Gasteiger partial charge in [-0.25, -0.2) is 9.97 Å². The van der Waals surface area contributed by atoms with E-state index in [4.69, 9.17) is 0 Å². The Morgan fingerprint density at radius 1 is 1.14 bits per heavy atom. The highest BCUT2D eigenvalue weighted by molar-refractivity contribution is 5.82. The molecule has 0 radical (unpaired) electrons. The smallest absolute Gasteiger partial charge is 0.242 e. The zero-order chi connectivity index (χ0) is 15.4. The van der Waals surface area contributed by atoms with Gasteiger partial charge in [0.2, 0.25) is 5.91 Å². The first-order valence-corrected chi connectivity index (χ1v) is 7.64. The average Bonchev–Trinajstić information content (AvgIpc) is 2.58. The first kappa shape index (κ1) is 14.5. The molecule has 2 aromatic rings. The number of rotatable bonds is 4. The van der Waals surface area contributed by atoms with E-state index in [1.54, 1.807) is 6.33 Å². The van der Waals surface area contributed by atoms with E-state index in [9.17, 15) is 4.79 Å². The summed E-state index contributed by atoms with van der Waals surface area (Å²) < 4.78 is 0. The zero-order valence-electron chi connectivity index (χ0n) is 12.8. The molecule has 0 bridgehead atoms. The van der Waals surface area contributed by atoms with Crippen LogP contribution in [0.25, 0.3) is 0 Å². The molecule has 22 heavy (non-hydrogen) atoms. The summed E-state index contributed by atoms with van der Waals surface area (Å²) in [6, 6.07) is 12.1. The van der Waals surface area contributed by atoms with Gasteiger partial charge < -0.3 is 9.80 Å². The fraction of sp³-hybridized carbons (Fsp3) is 0.353. The SMILES string of the molecule is CCc1cc(N2CCN(Cc3ccccc3)C(=O)C2)ncn1. The third-order valence-electron chi connectivity index (χ3n) is 3.93. The largest absolute Gasteiger partial charge is 0.345 e. The Morgan fingerprint density at radius 3 is 2.68 bits per heavy atom. The van der Waals surface area contributed by atoms with E-state index in [0.717, 1.165) is 31.0 Å². The van der Waals surface area contributed by atoms with Crippen molar-refractivity contribution in [3.8, 4) is 0 Å². The van der Waals surface area contributed by atoms with Crippen molar-refractivity contribution >= 4 is 11.7 Å². The van der Waals surface area contributed by atoms with E-state index in [2.05, 4.69) is 29.0 Å². The Morgan fingerprint density at radius 2 is 1.95 bits per heavy atom. The van der Waals surface area contributed by atoms with Gasteiger partial charge in [0, 0.05) is 31.4 Å². The molecule has 3 rings (SSSR count). The molecule has 0 unspecified atom stereocenters. The number of benzene rings is 1. The van der Waals surface area contributed by atoms with Crippen LogP contribution in [0, 0.1) is 0 Å². The minimum Gasteiger partial charge on any atom is -0.345 e. The van der Waals surface area contributed by atoms with Crippen LogP contribution in [0.3, 0.4) is 0 Å². The molecule has 1 aromatic heterocycles. The number of hydrogen-bond acceptors (Lipinski definition) is 4. The van der Waals surface area contributed by atoms with E-state index in [1.807, 2.05) is 34.1 Å². The number of piperazine rings is 1. The van der Waals surface area contributed by atoms with Gasteiger partial charge in [0.05, 0.1) is 6.54 Å². The van der Waals surface area contributed by atoms with Crippen molar-refractivity contribution in [1.29, 1.82) is 0 Å². The quantitative estimate of drug-likeness (QED) is 0.864.